The molecular weight excluding hydrogens is 260 g/mol. The summed E-state index contributed by atoms with van der Waals surface area (Å²) < 4.78 is 0. The van der Waals surface area contributed by atoms with Crippen LogP contribution in [0.2, 0.25) is 0 Å². The maximum absolute atomic E-state index is 12.0. The zero-order valence-electron chi connectivity index (χ0n) is 12.5. The Balaban J connectivity index is 2.66. The molecule has 0 aliphatic heterocycles. The Labute approximate surface area is 119 Å². The highest BCUT2D eigenvalue weighted by Gasteiger charge is 2.39. The van der Waals surface area contributed by atoms with Gasteiger partial charge in [-0.3, -0.25) is 14.4 Å². The van der Waals surface area contributed by atoms with Crippen molar-refractivity contribution in [2.45, 2.75) is 46.1 Å². The number of hydrogen-bond donors (Lipinski definition) is 3. The lowest BCUT2D eigenvalue weighted by Gasteiger charge is -2.30. The van der Waals surface area contributed by atoms with Gasteiger partial charge in [-0.25, -0.2) is 0 Å². The van der Waals surface area contributed by atoms with Crippen molar-refractivity contribution < 1.29 is 19.5 Å². The Morgan fingerprint density at radius 2 is 1.80 bits per heavy atom. The van der Waals surface area contributed by atoms with Gasteiger partial charge in [0.2, 0.25) is 11.8 Å². The molecular formula is C14H24N2O4. The minimum absolute atomic E-state index is 0.0659. The molecule has 0 spiro atoms. The smallest absolute Gasteiger partial charge is 0.307 e. The summed E-state index contributed by atoms with van der Waals surface area (Å²) in [5.41, 5.74) is -0.436. The molecule has 0 aromatic rings. The molecule has 0 bridgehead atoms. The third kappa shape index (κ3) is 4.51. The van der Waals surface area contributed by atoms with E-state index in [1.807, 2.05) is 20.8 Å². The molecule has 2 amide bonds. The van der Waals surface area contributed by atoms with E-state index in [1.54, 1.807) is 0 Å². The summed E-state index contributed by atoms with van der Waals surface area (Å²) in [6.07, 6.45) is 1.66. The van der Waals surface area contributed by atoms with Crippen LogP contribution in [0.15, 0.2) is 0 Å². The van der Waals surface area contributed by atoms with E-state index in [0.717, 1.165) is 12.8 Å². The monoisotopic (exact) mass is 284 g/mol. The van der Waals surface area contributed by atoms with Gasteiger partial charge in [-0.1, -0.05) is 20.8 Å². The van der Waals surface area contributed by atoms with Gasteiger partial charge in [0.1, 0.15) is 6.04 Å². The highest BCUT2D eigenvalue weighted by Crippen LogP contribution is 2.38. The molecule has 1 fully saturated rings. The molecule has 1 aliphatic carbocycles. The topological polar surface area (TPSA) is 95.5 Å². The van der Waals surface area contributed by atoms with Crippen LogP contribution in [0.25, 0.3) is 0 Å². The first-order chi connectivity index (χ1) is 9.16. The van der Waals surface area contributed by atoms with Crippen LogP contribution in [0, 0.1) is 17.3 Å². The molecule has 1 saturated carbocycles. The van der Waals surface area contributed by atoms with Crippen LogP contribution in [0.5, 0.6) is 0 Å². The molecule has 2 atom stereocenters. The number of likely N-dealkylation sites (N-methyl/N-ethyl adjacent to an activating group) is 1. The normalized spacial score (nSPS) is 18.0. The molecule has 0 saturated heterocycles. The number of rotatable bonds is 6. The first kappa shape index (κ1) is 16.5. The van der Waals surface area contributed by atoms with Crippen molar-refractivity contribution in [2.24, 2.45) is 17.3 Å². The second-order valence-corrected chi connectivity index (χ2v) is 6.47. The molecule has 0 radical (unpaired) electrons. The number of hydrogen-bond acceptors (Lipinski definition) is 3. The quantitative estimate of drug-likeness (QED) is 0.671. The van der Waals surface area contributed by atoms with Crippen LogP contribution in [0.3, 0.4) is 0 Å². The van der Waals surface area contributed by atoms with Crippen LogP contribution in [-0.4, -0.2) is 36.0 Å². The van der Waals surface area contributed by atoms with E-state index in [0.29, 0.717) is 0 Å². The number of aliphatic carboxylic acids is 1. The Hall–Kier alpha value is -1.59. The first-order valence-corrected chi connectivity index (χ1v) is 6.90. The third-order valence-corrected chi connectivity index (χ3v) is 3.59. The molecule has 0 aromatic heterocycles. The summed E-state index contributed by atoms with van der Waals surface area (Å²) in [6.45, 7) is 5.55. The summed E-state index contributed by atoms with van der Waals surface area (Å²) in [4.78, 5) is 35.0. The highest BCUT2D eigenvalue weighted by molar-refractivity contribution is 5.89. The molecule has 6 heteroatoms. The Morgan fingerprint density at radius 1 is 1.25 bits per heavy atom. The fourth-order valence-electron chi connectivity index (χ4n) is 2.19. The number of carboxylic acids is 1. The van der Waals surface area contributed by atoms with Gasteiger partial charge in [0.15, 0.2) is 0 Å². The number of carboxylic acid groups (broad SMARTS) is 1. The van der Waals surface area contributed by atoms with E-state index in [4.69, 9.17) is 5.11 Å². The van der Waals surface area contributed by atoms with E-state index < -0.39 is 23.3 Å². The average molecular weight is 284 g/mol. The second-order valence-electron chi connectivity index (χ2n) is 6.47. The zero-order valence-corrected chi connectivity index (χ0v) is 12.5. The average Bonchev–Trinajstić information content (AvgIpc) is 3.14. The maximum atomic E-state index is 12.0. The molecule has 114 valence electrons. The Morgan fingerprint density at radius 3 is 2.15 bits per heavy atom. The van der Waals surface area contributed by atoms with Crippen molar-refractivity contribution in [3.63, 3.8) is 0 Å². The van der Waals surface area contributed by atoms with Gasteiger partial charge in [0.25, 0.3) is 0 Å². The van der Waals surface area contributed by atoms with Crippen LogP contribution >= 0.6 is 0 Å². The van der Waals surface area contributed by atoms with E-state index in [-0.39, 0.29) is 24.2 Å². The van der Waals surface area contributed by atoms with Crippen molar-refractivity contribution in [2.75, 3.05) is 7.05 Å². The number of amides is 2. The minimum Gasteiger partial charge on any atom is -0.481 e. The fourth-order valence-corrected chi connectivity index (χ4v) is 2.19. The van der Waals surface area contributed by atoms with Crippen molar-refractivity contribution >= 4 is 17.8 Å². The molecule has 0 unspecified atom stereocenters. The van der Waals surface area contributed by atoms with Gasteiger partial charge in [-0.15, -0.1) is 0 Å². The molecule has 6 nitrogen and oxygen atoms in total. The summed E-state index contributed by atoms with van der Waals surface area (Å²) in [5.74, 6) is -2.13. The summed E-state index contributed by atoms with van der Waals surface area (Å²) in [5, 5.41) is 14.3. The summed E-state index contributed by atoms with van der Waals surface area (Å²) in [7, 11) is 1.51. The lowest BCUT2D eigenvalue weighted by Crippen LogP contribution is -2.53. The number of carbonyl (C=O) groups excluding carboxylic acids is 2. The lowest BCUT2D eigenvalue weighted by molar-refractivity contribution is -0.145. The van der Waals surface area contributed by atoms with Gasteiger partial charge in [-0.2, -0.15) is 0 Å². The summed E-state index contributed by atoms with van der Waals surface area (Å²) in [6, 6.07) is -0.673. The van der Waals surface area contributed by atoms with Gasteiger partial charge in [0.05, 0.1) is 5.92 Å². The second kappa shape index (κ2) is 6.24. The molecule has 0 aromatic carbocycles. The Kier molecular flexibility index (Phi) is 5.14. The maximum Gasteiger partial charge on any atom is 0.307 e. The van der Waals surface area contributed by atoms with E-state index in [9.17, 15) is 14.4 Å². The van der Waals surface area contributed by atoms with Crippen LogP contribution in [0.4, 0.5) is 0 Å². The third-order valence-electron chi connectivity index (χ3n) is 3.59. The molecule has 20 heavy (non-hydrogen) atoms. The zero-order chi connectivity index (χ0) is 15.5. The van der Waals surface area contributed by atoms with Gasteiger partial charge in [0, 0.05) is 13.5 Å². The summed E-state index contributed by atoms with van der Waals surface area (Å²) >= 11 is 0. The van der Waals surface area contributed by atoms with Gasteiger partial charge in [-0.05, 0) is 24.2 Å². The van der Waals surface area contributed by atoms with Gasteiger partial charge < -0.3 is 15.7 Å². The first-order valence-electron chi connectivity index (χ1n) is 6.90. The fraction of sp³-hybridized carbons (Fsp3) is 0.786. The molecule has 0 heterocycles. The largest absolute Gasteiger partial charge is 0.481 e. The van der Waals surface area contributed by atoms with Gasteiger partial charge >= 0.3 is 5.97 Å². The van der Waals surface area contributed by atoms with Crippen molar-refractivity contribution in [3.8, 4) is 0 Å². The van der Waals surface area contributed by atoms with E-state index >= 15 is 0 Å². The molecule has 1 aliphatic rings. The molecule has 3 N–H and O–H groups in total. The van der Waals surface area contributed by atoms with Crippen LogP contribution in [0.1, 0.15) is 40.0 Å². The van der Waals surface area contributed by atoms with E-state index in [2.05, 4.69) is 10.6 Å². The lowest BCUT2D eigenvalue weighted by atomic mass is 9.85. The SMILES string of the molecule is CNC(=O)[C@@H](NC(=O)C[C@H](C(=O)O)C1CC1)C(C)(C)C. The van der Waals surface area contributed by atoms with Crippen molar-refractivity contribution in [3.05, 3.63) is 0 Å². The van der Waals surface area contributed by atoms with Crippen molar-refractivity contribution in [1.29, 1.82) is 0 Å². The highest BCUT2D eigenvalue weighted by atomic mass is 16.4. The predicted molar refractivity (Wildman–Crippen MR) is 73.9 cm³/mol. The van der Waals surface area contributed by atoms with Crippen LogP contribution in [-0.2, 0) is 14.4 Å². The van der Waals surface area contributed by atoms with Crippen molar-refractivity contribution in [1.82, 2.24) is 10.6 Å². The number of carbonyl (C=O) groups is 3. The molecule has 1 rings (SSSR count). The minimum atomic E-state index is -0.935. The Bertz CT molecular complexity index is 396. The van der Waals surface area contributed by atoms with Crippen LogP contribution < -0.4 is 10.6 Å². The predicted octanol–water partition coefficient (Wildman–Crippen LogP) is 0.764. The van der Waals surface area contributed by atoms with E-state index in [1.165, 1.54) is 7.05 Å². The standard InChI is InChI=1S/C14H24N2O4/c1-14(2,3)11(12(18)15-4)16-10(17)7-9(13(19)20)8-5-6-8/h8-9,11H,5-7H2,1-4H3,(H,15,18)(H,16,17)(H,19,20)/t9-,11+/m0/s1. The number of nitrogens with one attached hydrogen (secondary N) is 2.